The summed E-state index contributed by atoms with van der Waals surface area (Å²) in [6.07, 6.45) is 6.15. The monoisotopic (exact) mass is 338 g/mol. The van der Waals surface area contributed by atoms with Crippen molar-refractivity contribution in [3.63, 3.8) is 0 Å². The molecular weight excluding hydrogens is 320 g/mol. The number of hydrogen-bond acceptors (Lipinski definition) is 6. The van der Waals surface area contributed by atoms with Crippen LogP contribution in [0.2, 0.25) is 0 Å². The van der Waals surface area contributed by atoms with Crippen LogP contribution in [0.3, 0.4) is 0 Å². The molecule has 1 N–H and O–H groups in total. The molecule has 0 radical (unpaired) electrons. The first kappa shape index (κ1) is 15.1. The molecule has 5 nitrogen and oxygen atoms in total. The van der Waals surface area contributed by atoms with Gasteiger partial charge in [-0.3, -0.25) is 4.98 Å². The standard InChI is InChI=1S/C18H18N4OS/c1-12-8-16(21-17(9-12)23-11-13-5-6-13)22-18-20-10-15(24-18)14-4-2-3-7-19-14/h2-4,7-10,13H,5-6,11H2,1H3,(H,20,21,22). The van der Waals surface area contributed by atoms with Crippen LogP contribution in [0.25, 0.3) is 10.6 Å². The zero-order valence-corrected chi connectivity index (χ0v) is 14.2. The summed E-state index contributed by atoms with van der Waals surface area (Å²) >= 11 is 1.56. The average molecular weight is 338 g/mol. The summed E-state index contributed by atoms with van der Waals surface area (Å²) in [5, 5.41) is 4.06. The van der Waals surface area contributed by atoms with Gasteiger partial charge in [-0.05, 0) is 49.4 Å². The lowest BCUT2D eigenvalue weighted by molar-refractivity contribution is 0.289. The van der Waals surface area contributed by atoms with Gasteiger partial charge >= 0.3 is 0 Å². The lowest BCUT2D eigenvalue weighted by Gasteiger charge is -2.08. The summed E-state index contributed by atoms with van der Waals surface area (Å²) in [7, 11) is 0. The lowest BCUT2D eigenvalue weighted by Crippen LogP contribution is -2.02. The number of nitrogens with one attached hydrogen (secondary N) is 1. The number of aromatic nitrogens is 3. The molecule has 3 aromatic rings. The van der Waals surface area contributed by atoms with E-state index in [1.165, 1.54) is 12.8 Å². The predicted molar refractivity (Wildman–Crippen MR) is 95.8 cm³/mol. The van der Waals surface area contributed by atoms with Crippen molar-refractivity contribution in [2.45, 2.75) is 19.8 Å². The van der Waals surface area contributed by atoms with E-state index in [1.807, 2.05) is 43.5 Å². The fourth-order valence-electron chi connectivity index (χ4n) is 2.33. The fraction of sp³-hybridized carbons (Fsp3) is 0.278. The smallest absolute Gasteiger partial charge is 0.215 e. The van der Waals surface area contributed by atoms with E-state index in [0.29, 0.717) is 11.8 Å². The van der Waals surface area contributed by atoms with Gasteiger partial charge in [0.05, 0.1) is 17.2 Å². The molecule has 0 aliphatic heterocycles. The molecule has 3 heterocycles. The van der Waals surface area contributed by atoms with E-state index in [9.17, 15) is 0 Å². The minimum atomic E-state index is 0.672. The van der Waals surface area contributed by atoms with Crippen LogP contribution < -0.4 is 10.1 Å². The summed E-state index contributed by atoms with van der Waals surface area (Å²) in [4.78, 5) is 14.3. The Balaban J connectivity index is 1.49. The highest BCUT2D eigenvalue weighted by molar-refractivity contribution is 7.18. The summed E-state index contributed by atoms with van der Waals surface area (Å²) in [5.74, 6) is 2.14. The first-order chi connectivity index (χ1) is 11.8. The number of aryl methyl sites for hydroxylation is 1. The Bertz CT molecular complexity index is 830. The Morgan fingerprint density at radius 1 is 1.25 bits per heavy atom. The third-order valence-corrected chi connectivity index (χ3v) is 4.70. The van der Waals surface area contributed by atoms with Gasteiger partial charge in [0.15, 0.2) is 5.13 Å². The van der Waals surface area contributed by atoms with Crippen molar-refractivity contribution in [1.29, 1.82) is 0 Å². The first-order valence-electron chi connectivity index (χ1n) is 8.02. The van der Waals surface area contributed by atoms with Crippen molar-refractivity contribution >= 4 is 22.3 Å². The van der Waals surface area contributed by atoms with Crippen LogP contribution in [0.5, 0.6) is 5.88 Å². The molecule has 0 bridgehead atoms. The molecular formula is C18H18N4OS. The molecule has 6 heteroatoms. The molecule has 0 saturated heterocycles. The third kappa shape index (κ3) is 3.71. The Kier molecular flexibility index (Phi) is 4.13. The van der Waals surface area contributed by atoms with Crippen LogP contribution in [0.4, 0.5) is 10.9 Å². The van der Waals surface area contributed by atoms with E-state index in [2.05, 4.69) is 20.3 Å². The highest BCUT2D eigenvalue weighted by Crippen LogP contribution is 2.31. The van der Waals surface area contributed by atoms with Crippen molar-refractivity contribution in [3.05, 3.63) is 48.3 Å². The Morgan fingerprint density at radius 2 is 2.17 bits per heavy atom. The molecule has 24 heavy (non-hydrogen) atoms. The zero-order chi connectivity index (χ0) is 16.4. The fourth-order valence-corrected chi connectivity index (χ4v) is 3.13. The van der Waals surface area contributed by atoms with Crippen LogP contribution in [-0.2, 0) is 0 Å². The molecule has 1 fully saturated rings. The Labute approximate surface area is 144 Å². The Hall–Kier alpha value is -2.47. The lowest BCUT2D eigenvalue weighted by atomic mass is 10.3. The number of hydrogen-bond donors (Lipinski definition) is 1. The third-order valence-electron chi connectivity index (χ3n) is 3.77. The SMILES string of the molecule is Cc1cc(Nc2ncc(-c3ccccn3)s2)nc(OCC2CC2)c1. The molecule has 122 valence electrons. The minimum absolute atomic E-state index is 0.672. The molecule has 0 spiro atoms. The molecule has 0 unspecified atom stereocenters. The van der Waals surface area contributed by atoms with Crippen LogP contribution in [-0.4, -0.2) is 21.6 Å². The van der Waals surface area contributed by atoms with E-state index in [0.717, 1.165) is 33.7 Å². The topological polar surface area (TPSA) is 59.9 Å². The van der Waals surface area contributed by atoms with Gasteiger partial charge < -0.3 is 10.1 Å². The number of ether oxygens (including phenoxy) is 1. The van der Waals surface area contributed by atoms with Crippen molar-refractivity contribution < 1.29 is 4.74 Å². The van der Waals surface area contributed by atoms with Crippen molar-refractivity contribution in [2.24, 2.45) is 5.92 Å². The molecule has 4 rings (SSSR count). The van der Waals surface area contributed by atoms with Crippen LogP contribution in [0.1, 0.15) is 18.4 Å². The first-order valence-corrected chi connectivity index (χ1v) is 8.84. The summed E-state index contributed by atoms with van der Waals surface area (Å²) in [5.41, 5.74) is 2.04. The van der Waals surface area contributed by atoms with E-state index >= 15 is 0 Å². The predicted octanol–water partition coefficient (Wildman–Crippen LogP) is 4.44. The molecule has 0 amide bonds. The minimum Gasteiger partial charge on any atom is -0.477 e. The molecule has 0 atom stereocenters. The van der Waals surface area contributed by atoms with E-state index in [4.69, 9.17) is 4.74 Å². The second-order valence-electron chi connectivity index (χ2n) is 5.99. The number of nitrogens with zero attached hydrogens (tertiary/aromatic N) is 3. The van der Waals surface area contributed by atoms with Crippen molar-refractivity contribution in [2.75, 3.05) is 11.9 Å². The van der Waals surface area contributed by atoms with E-state index in [1.54, 1.807) is 17.5 Å². The van der Waals surface area contributed by atoms with Gasteiger partial charge in [-0.1, -0.05) is 17.4 Å². The molecule has 1 saturated carbocycles. The maximum absolute atomic E-state index is 5.79. The van der Waals surface area contributed by atoms with Gasteiger partial charge in [0.25, 0.3) is 0 Å². The van der Waals surface area contributed by atoms with Gasteiger partial charge in [-0.2, -0.15) is 4.98 Å². The second-order valence-corrected chi connectivity index (χ2v) is 7.02. The number of pyridine rings is 2. The number of anilines is 2. The normalized spacial score (nSPS) is 13.7. The molecule has 3 aromatic heterocycles. The number of thiazole rings is 1. The zero-order valence-electron chi connectivity index (χ0n) is 13.4. The van der Waals surface area contributed by atoms with Gasteiger partial charge in [0.2, 0.25) is 5.88 Å². The molecule has 1 aliphatic rings. The van der Waals surface area contributed by atoms with Crippen molar-refractivity contribution in [3.8, 4) is 16.5 Å². The van der Waals surface area contributed by atoms with Crippen LogP contribution in [0, 0.1) is 12.8 Å². The summed E-state index contributed by atoms with van der Waals surface area (Å²) in [6.45, 7) is 2.80. The van der Waals surface area contributed by atoms with Crippen LogP contribution in [0.15, 0.2) is 42.7 Å². The maximum atomic E-state index is 5.79. The van der Waals surface area contributed by atoms with E-state index in [-0.39, 0.29) is 0 Å². The quantitative estimate of drug-likeness (QED) is 0.720. The highest BCUT2D eigenvalue weighted by atomic mass is 32.1. The maximum Gasteiger partial charge on any atom is 0.215 e. The van der Waals surface area contributed by atoms with Crippen LogP contribution >= 0.6 is 11.3 Å². The van der Waals surface area contributed by atoms with Gasteiger partial charge in [0.1, 0.15) is 5.82 Å². The largest absolute Gasteiger partial charge is 0.477 e. The summed E-state index contributed by atoms with van der Waals surface area (Å²) < 4.78 is 5.79. The molecule has 0 aromatic carbocycles. The van der Waals surface area contributed by atoms with Crippen molar-refractivity contribution in [1.82, 2.24) is 15.0 Å². The number of rotatable bonds is 6. The average Bonchev–Trinajstić information content (AvgIpc) is 3.31. The van der Waals surface area contributed by atoms with Gasteiger partial charge in [0, 0.05) is 18.5 Å². The highest BCUT2D eigenvalue weighted by Gasteiger charge is 2.22. The van der Waals surface area contributed by atoms with Gasteiger partial charge in [-0.25, -0.2) is 4.98 Å². The van der Waals surface area contributed by atoms with Gasteiger partial charge in [-0.15, -0.1) is 0 Å². The summed E-state index contributed by atoms with van der Waals surface area (Å²) in [6, 6.07) is 9.82. The van der Waals surface area contributed by atoms with E-state index < -0.39 is 0 Å². The second kappa shape index (κ2) is 6.57. The molecule has 1 aliphatic carbocycles. The Morgan fingerprint density at radius 3 is 2.96 bits per heavy atom.